The molecule has 2 aromatic heterocycles. The number of fused-ring (bicyclic) bond motifs is 2. The molecule has 5 nitrogen and oxygen atoms in total. The molecular weight excluding hydrogens is 344 g/mol. The van der Waals surface area contributed by atoms with Crippen molar-refractivity contribution in [2.45, 2.75) is 12.8 Å². The molecule has 4 rings (SSSR count). The van der Waals surface area contributed by atoms with Gasteiger partial charge >= 0.3 is 0 Å². The summed E-state index contributed by atoms with van der Waals surface area (Å²) in [6, 6.07) is 8.07. The molecule has 110 valence electrons. The van der Waals surface area contributed by atoms with Crippen molar-refractivity contribution < 1.29 is 4.79 Å². The minimum absolute atomic E-state index is 0.0445. The fourth-order valence-electron chi connectivity index (χ4n) is 2.89. The summed E-state index contributed by atoms with van der Waals surface area (Å²) in [6.07, 6.45) is 7.05. The minimum Gasteiger partial charge on any atom is -0.308 e. The van der Waals surface area contributed by atoms with Gasteiger partial charge in [-0.15, -0.1) is 0 Å². The van der Waals surface area contributed by atoms with Gasteiger partial charge in [0.15, 0.2) is 5.65 Å². The lowest BCUT2D eigenvalue weighted by Gasteiger charge is -2.29. The van der Waals surface area contributed by atoms with Gasteiger partial charge in [-0.25, -0.2) is 9.50 Å². The maximum atomic E-state index is 12.9. The number of hydrogen-bond donors (Lipinski definition) is 0. The minimum atomic E-state index is -0.0445. The highest BCUT2D eigenvalue weighted by Gasteiger charge is 2.25. The van der Waals surface area contributed by atoms with Gasteiger partial charge in [-0.3, -0.25) is 4.79 Å². The second-order valence-electron chi connectivity index (χ2n) is 5.29. The zero-order valence-electron chi connectivity index (χ0n) is 11.7. The maximum Gasteiger partial charge on any atom is 0.263 e. The van der Waals surface area contributed by atoms with Gasteiger partial charge in [0.1, 0.15) is 5.56 Å². The summed E-state index contributed by atoms with van der Waals surface area (Å²) >= 11 is 3.36. The van der Waals surface area contributed by atoms with Crippen LogP contribution >= 0.6 is 15.9 Å². The number of rotatable bonds is 1. The normalized spacial score (nSPS) is 14.1. The Morgan fingerprint density at radius 3 is 3.00 bits per heavy atom. The predicted molar refractivity (Wildman–Crippen MR) is 87.1 cm³/mol. The quantitative estimate of drug-likeness (QED) is 0.673. The second kappa shape index (κ2) is 5.21. The van der Waals surface area contributed by atoms with E-state index in [9.17, 15) is 4.79 Å². The van der Waals surface area contributed by atoms with Crippen molar-refractivity contribution in [3.8, 4) is 0 Å². The van der Waals surface area contributed by atoms with Crippen LogP contribution in [0.3, 0.4) is 0 Å². The number of amides is 1. The Balaban J connectivity index is 1.78. The average molecular weight is 357 g/mol. The highest BCUT2D eigenvalue weighted by molar-refractivity contribution is 9.10. The third kappa shape index (κ3) is 2.11. The fraction of sp³-hybridized carbons (Fsp3) is 0.188. The van der Waals surface area contributed by atoms with Gasteiger partial charge < -0.3 is 4.90 Å². The molecule has 6 heteroatoms. The molecule has 0 N–H and O–H groups in total. The van der Waals surface area contributed by atoms with E-state index < -0.39 is 0 Å². The van der Waals surface area contributed by atoms with Crippen molar-refractivity contribution in [1.82, 2.24) is 14.6 Å². The highest BCUT2D eigenvalue weighted by Crippen LogP contribution is 2.28. The Kier molecular flexibility index (Phi) is 3.18. The van der Waals surface area contributed by atoms with E-state index in [2.05, 4.69) is 32.1 Å². The molecule has 1 amide bonds. The van der Waals surface area contributed by atoms with Crippen LogP contribution in [0.1, 0.15) is 22.3 Å². The number of para-hydroxylation sites is 1. The van der Waals surface area contributed by atoms with E-state index in [1.54, 1.807) is 23.1 Å². The molecule has 1 aliphatic heterocycles. The summed E-state index contributed by atoms with van der Waals surface area (Å²) in [5.74, 6) is -0.0445. The van der Waals surface area contributed by atoms with Crippen LogP contribution in [0.5, 0.6) is 0 Å². The molecule has 0 atom stereocenters. The molecule has 3 heterocycles. The van der Waals surface area contributed by atoms with Crippen LogP contribution in [0.2, 0.25) is 0 Å². The maximum absolute atomic E-state index is 12.9. The topological polar surface area (TPSA) is 50.5 Å². The van der Waals surface area contributed by atoms with Crippen LogP contribution in [0.15, 0.2) is 47.3 Å². The fourth-order valence-corrected chi connectivity index (χ4v) is 3.19. The molecule has 1 aromatic carbocycles. The Morgan fingerprint density at radius 2 is 2.09 bits per heavy atom. The number of halogens is 1. The number of carbonyl (C=O) groups excluding carboxylic acids is 1. The molecule has 0 saturated carbocycles. The Labute approximate surface area is 135 Å². The summed E-state index contributed by atoms with van der Waals surface area (Å²) in [5, 5.41) is 4.23. The van der Waals surface area contributed by atoms with Crippen molar-refractivity contribution in [2.75, 3.05) is 11.4 Å². The molecular formula is C16H13BrN4O. The van der Waals surface area contributed by atoms with Crippen molar-refractivity contribution in [3.05, 3.63) is 58.5 Å². The molecule has 1 aliphatic rings. The first-order valence-electron chi connectivity index (χ1n) is 7.13. The van der Waals surface area contributed by atoms with E-state index in [1.807, 2.05) is 23.1 Å². The predicted octanol–water partition coefficient (Wildman–Crippen LogP) is 3.08. The molecule has 0 radical (unpaired) electrons. The number of nitrogens with zero attached hydrogens (tertiary/aromatic N) is 4. The van der Waals surface area contributed by atoms with E-state index in [0.717, 1.165) is 29.5 Å². The van der Waals surface area contributed by atoms with Gasteiger partial charge in [-0.2, -0.15) is 5.10 Å². The monoisotopic (exact) mass is 356 g/mol. The van der Waals surface area contributed by atoms with Gasteiger partial charge in [-0.1, -0.05) is 18.2 Å². The molecule has 0 bridgehead atoms. The molecule has 0 spiro atoms. The van der Waals surface area contributed by atoms with E-state index >= 15 is 0 Å². The Hall–Kier alpha value is -2.21. The number of aryl methyl sites for hydroxylation is 1. The molecule has 0 fully saturated rings. The van der Waals surface area contributed by atoms with Crippen molar-refractivity contribution >= 4 is 33.2 Å². The summed E-state index contributed by atoms with van der Waals surface area (Å²) in [7, 11) is 0. The van der Waals surface area contributed by atoms with Gasteiger partial charge in [0, 0.05) is 24.6 Å². The first kappa shape index (κ1) is 13.5. The van der Waals surface area contributed by atoms with Gasteiger partial charge in [0.05, 0.1) is 10.7 Å². The number of hydrogen-bond acceptors (Lipinski definition) is 3. The zero-order valence-corrected chi connectivity index (χ0v) is 13.3. The van der Waals surface area contributed by atoms with Crippen LogP contribution in [0.25, 0.3) is 5.65 Å². The molecule has 0 saturated heterocycles. The lowest BCUT2D eigenvalue weighted by atomic mass is 10.0. The Bertz CT molecular complexity index is 873. The van der Waals surface area contributed by atoms with Crippen LogP contribution in [-0.2, 0) is 6.42 Å². The third-order valence-corrected chi connectivity index (χ3v) is 4.32. The van der Waals surface area contributed by atoms with E-state index in [-0.39, 0.29) is 5.91 Å². The first-order valence-corrected chi connectivity index (χ1v) is 7.92. The molecule has 0 unspecified atom stereocenters. The summed E-state index contributed by atoms with van der Waals surface area (Å²) in [4.78, 5) is 19.1. The summed E-state index contributed by atoms with van der Waals surface area (Å²) < 4.78 is 2.44. The SMILES string of the molecule is O=C(c1cnn2cc(Br)cnc12)N1CCCc2ccccc21. The lowest BCUT2D eigenvalue weighted by Crippen LogP contribution is -2.35. The first-order chi connectivity index (χ1) is 10.7. The van der Waals surface area contributed by atoms with Crippen LogP contribution in [0, 0.1) is 0 Å². The molecule has 0 aliphatic carbocycles. The number of benzene rings is 1. The highest BCUT2D eigenvalue weighted by atomic mass is 79.9. The smallest absolute Gasteiger partial charge is 0.263 e. The third-order valence-electron chi connectivity index (χ3n) is 3.91. The van der Waals surface area contributed by atoms with Crippen molar-refractivity contribution in [1.29, 1.82) is 0 Å². The largest absolute Gasteiger partial charge is 0.308 e. The van der Waals surface area contributed by atoms with Crippen molar-refractivity contribution in [3.63, 3.8) is 0 Å². The van der Waals surface area contributed by atoms with Crippen molar-refractivity contribution in [2.24, 2.45) is 0 Å². The standard InChI is InChI=1S/C16H13BrN4O/c17-12-8-18-15-13(9-19-21(15)10-12)16(22)20-7-3-5-11-4-1-2-6-14(11)20/h1-2,4,6,8-10H,3,5,7H2. The summed E-state index contributed by atoms with van der Waals surface area (Å²) in [6.45, 7) is 0.726. The van der Waals surface area contributed by atoms with Gasteiger partial charge in [0.25, 0.3) is 5.91 Å². The second-order valence-corrected chi connectivity index (χ2v) is 6.20. The van der Waals surface area contributed by atoms with Gasteiger partial charge in [-0.05, 0) is 40.4 Å². The van der Waals surface area contributed by atoms with E-state index in [0.29, 0.717) is 11.2 Å². The van der Waals surface area contributed by atoms with E-state index in [4.69, 9.17) is 0 Å². The summed E-state index contributed by atoms with van der Waals surface area (Å²) in [5.41, 5.74) is 3.32. The lowest BCUT2D eigenvalue weighted by molar-refractivity contribution is 0.0986. The number of carbonyl (C=O) groups is 1. The van der Waals surface area contributed by atoms with Crippen LogP contribution in [0.4, 0.5) is 5.69 Å². The molecule has 3 aromatic rings. The number of anilines is 1. The zero-order chi connectivity index (χ0) is 15.1. The van der Waals surface area contributed by atoms with Gasteiger partial charge in [0.2, 0.25) is 0 Å². The van der Waals surface area contributed by atoms with Crippen LogP contribution in [-0.4, -0.2) is 27.0 Å². The Morgan fingerprint density at radius 1 is 1.23 bits per heavy atom. The average Bonchev–Trinajstić information content (AvgIpc) is 2.96. The molecule has 22 heavy (non-hydrogen) atoms. The number of aromatic nitrogens is 3. The van der Waals surface area contributed by atoms with Crippen LogP contribution < -0.4 is 4.90 Å². The van der Waals surface area contributed by atoms with E-state index in [1.165, 1.54) is 5.56 Å².